The van der Waals surface area contributed by atoms with Crippen LogP contribution in [0.5, 0.6) is 0 Å². The summed E-state index contributed by atoms with van der Waals surface area (Å²) >= 11 is 0. The highest BCUT2D eigenvalue weighted by molar-refractivity contribution is 7.92. The Morgan fingerprint density at radius 2 is 1.88 bits per heavy atom. The zero-order chi connectivity index (χ0) is 18.6. The maximum Gasteiger partial charge on any atom is 0.258 e. The number of hydrogen-bond acceptors (Lipinski definition) is 3. The molecular formula is C19H19FN2O3S. The van der Waals surface area contributed by atoms with Gasteiger partial charge in [-0.2, -0.15) is 0 Å². The quantitative estimate of drug-likeness (QED) is 0.812. The van der Waals surface area contributed by atoms with E-state index in [0.717, 1.165) is 11.1 Å². The molecule has 2 aromatic carbocycles. The molecule has 0 radical (unpaired) electrons. The summed E-state index contributed by atoms with van der Waals surface area (Å²) < 4.78 is 39.0. The van der Waals surface area contributed by atoms with Gasteiger partial charge in [-0.1, -0.05) is 6.07 Å². The van der Waals surface area contributed by atoms with Crippen LogP contribution in [0.2, 0.25) is 0 Å². The SMILES string of the molecule is CC1Cc2cc(C(=O)N3CCc4ccc(F)cc43)ccc2N1S(C)(=O)=O. The molecule has 136 valence electrons. The lowest BCUT2D eigenvalue weighted by Gasteiger charge is -2.22. The first-order chi connectivity index (χ1) is 12.3. The first-order valence-corrected chi connectivity index (χ1v) is 10.3. The maximum atomic E-state index is 13.6. The number of rotatable bonds is 2. The smallest absolute Gasteiger partial charge is 0.258 e. The average Bonchev–Trinajstić information content (AvgIpc) is 3.12. The minimum Gasteiger partial charge on any atom is -0.308 e. The molecule has 7 heteroatoms. The van der Waals surface area contributed by atoms with Crippen molar-refractivity contribution < 1.29 is 17.6 Å². The Morgan fingerprint density at radius 3 is 2.62 bits per heavy atom. The Bertz CT molecular complexity index is 1020. The molecule has 0 spiro atoms. The summed E-state index contributed by atoms with van der Waals surface area (Å²) in [7, 11) is -3.36. The number of fused-ring (bicyclic) bond motifs is 2. The van der Waals surface area contributed by atoms with E-state index in [1.807, 2.05) is 6.92 Å². The van der Waals surface area contributed by atoms with Crippen molar-refractivity contribution in [3.63, 3.8) is 0 Å². The Morgan fingerprint density at radius 1 is 1.12 bits per heavy atom. The Balaban J connectivity index is 1.69. The average molecular weight is 374 g/mol. The van der Waals surface area contributed by atoms with Gasteiger partial charge in [0.05, 0.1) is 17.6 Å². The van der Waals surface area contributed by atoms with Crippen LogP contribution < -0.4 is 9.21 Å². The largest absolute Gasteiger partial charge is 0.308 e. The molecule has 1 amide bonds. The molecule has 2 aliphatic rings. The van der Waals surface area contributed by atoms with Crippen molar-refractivity contribution >= 4 is 27.3 Å². The molecule has 0 aromatic heterocycles. The number of anilines is 2. The topological polar surface area (TPSA) is 57.7 Å². The van der Waals surface area contributed by atoms with E-state index < -0.39 is 10.0 Å². The van der Waals surface area contributed by atoms with Crippen molar-refractivity contribution in [2.45, 2.75) is 25.8 Å². The number of hydrogen-bond donors (Lipinski definition) is 0. The van der Waals surface area contributed by atoms with Crippen LogP contribution in [0.1, 0.15) is 28.4 Å². The van der Waals surface area contributed by atoms with Crippen molar-refractivity contribution in [3.8, 4) is 0 Å². The summed E-state index contributed by atoms with van der Waals surface area (Å²) in [6.07, 6.45) is 2.45. The van der Waals surface area contributed by atoms with Crippen molar-refractivity contribution in [1.29, 1.82) is 0 Å². The predicted molar refractivity (Wildman–Crippen MR) is 98.7 cm³/mol. The predicted octanol–water partition coefficient (Wildman–Crippen LogP) is 2.74. The van der Waals surface area contributed by atoms with Gasteiger partial charge in [0.15, 0.2) is 0 Å². The van der Waals surface area contributed by atoms with Crippen LogP contribution in [-0.2, 0) is 22.9 Å². The molecule has 5 nitrogen and oxygen atoms in total. The van der Waals surface area contributed by atoms with E-state index in [4.69, 9.17) is 0 Å². The highest BCUT2D eigenvalue weighted by atomic mass is 32.2. The molecule has 0 N–H and O–H groups in total. The molecule has 1 atom stereocenters. The van der Waals surface area contributed by atoms with Gasteiger partial charge in [-0.15, -0.1) is 0 Å². The summed E-state index contributed by atoms with van der Waals surface area (Å²) in [5, 5.41) is 0. The molecule has 2 aliphatic heterocycles. The third-order valence-electron chi connectivity index (χ3n) is 5.02. The zero-order valence-electron chi connectivity index (χ0n) is 14.6. The van der Waals surface area contributed by atoms with Gasteiger partial charge in [-0.25, -0.2) is 12.8 Å². The Hall–Kier alpha value is -2.41. The highest BCUT2D eigenvalue weighted by Crippen LogP contribution is 2.36. The summed E-state index contributed by atoms with van der Waals surface area (Å²) in [5.74, 6) is -0.558. The van der Waals surface area contributed by atoms with Crippen LogP contribution in [0.4, 0.5) is 15.8 Å². The molecule has 2 heterocycles. The van der Waals surface area contributed by atoms with Gasteiger partial charge in [0.25, 0.3) is 5.91 Å². The van der Waals surface area contributed by atoms with Crippen molar-refractivity contribution in [3.05, 3.63) is 58.9 Å². The monoisotopic (exact) mass is 374 g/mol. The van der Waals surface area contributed by atoms with E-state index in [9.17, 15) is 17.6 Å². The van der Waals surface area contributed by atoms with Gasteiger partial charge in [0.1, 0.15) is 5.82 Å². The van der Waals surface area contributed by atoms with Gasteiger partial charge in [-0.05, 0) is 61.2 Å². The third kappa shape index (κ3) is 2.67. The fourth-order valence-corrected chi connectivity index (χ4v) is 5.22. The minimum atomic E-state index is -3.36. The fourth-order valence-electron chi connectivity index (χ4n) is 3.96. The minimum absolute atomic E-state index is 0.174. The van der Waals surface area contributed by atoms with Gasteiger partial charge in [0, 0.05) is 18.2 Å². The molecule has 26 heavy (non-hydrogen) atoms. The molecule has 0 saturated carbocycles. The van der Waals surface area contributed by atoms with Crippen LogP contribution >= 0.6 is 0 Å². The molecule has 0 fully saturated rings. The van der Waals surface area contributed by atoms with Crippen molar-refractivity contribution in [2.75, 3.05) is 22.0 Å². The first kappa shape index (κ1) is 17.0. The number of halogens is 1. The number of benzene rings is 2. The lowest BCUT2D eigenvalue weighted by atomic mass is 10.1. The second kappa shape index (κ2) is 5.81. The van der Waals surface area contributed by atoms with Crippen LogP contribution in [0.3, 0.4) is 0 Å². The Kier molecular flexibility index (Phi) is 3.80. The van der Waals surface area contributed by atoms with Gasteiger partial charge in [-0.3, -0.25) is 9.10 Å². The van der Waals surface area contributed by atoms with Crippen LogP contribution in [0.15, 0.2) is 36.4 Å². The summed E-state index contributed by atoms with van der Waals surface area (Å²) in [4.78, 5) is 14.5. The van der Waals surface area contributed by atoms with E-state index >= 15 is 0 Å². The third-order valence-corrected chi connectivity index (χ3v) is 6.30. The lowest BCUT2D eigenvalue weighted by Crippen LogP contribution is -2.34. The number of carbonyl (C=O) groups is 1. The van der Waals surface area contributed by atoms with Crippen LogP contribution in [0.25, 0.3) is 0 Å². The number of amides is 1. The number of carbonyl (C=O) groups excluding carboxylic acids is 1. The summed E-state index contributed by atoms with van der Waals surface area (Å²) in [6.45, 7) is 2.36. The summed E-state index contributed by atoms with van der Waals surface area (Å²) in [6, 6.07) is 9.43. The van der Waals surface area contributed by atoms with E-state index in [-0.39, 0.29) is 17.8 Å². The number of sulfonamides is 1. The van der Waals surface area contributed by atoms with Crippen LogP contribution in [-0.4, -0.2) is 33.2 Å². The fraction of sp³-hybridized carbons (Fsp3) is 0.316. The van der Waals surface area contributed by atoms with E-state index in [2.05, 4.69) is 0 Å². The number of nitrogens with zero attached hydrogens (tertiary/aromatic N) is 2. The normalized spacial score (nSPS) is 18.8. The van der Waals surface area contributed by atoms with Gasteiger partial charge in [0.2, 0.25) is 10.0 Å². The first-order valence-electron chi connectivity index (χ1n) is 8.48. The molecule has 1 unspecified atom stereocenters. The molecule has 2 aromatic rings. The van der Waals surface area contributed by atoms with E-state index in [1.54, 1.807) is 29.2 Å². The molecule has 0 aliphatic carbocycles. The standard InChI is InChI=1S/C19H19FN2O3S/c1-12-9-15-10-14(4-6-17(15)22(12)26(2,24)25)19(23)21-8-7-13-3-5-16(20)11-18(13)21/h3-6,10-12H,7-9H2,1-2H3. The van der Waals surface area contributed by atoms with E-state index in [0.29, 0.717) is 36.3 Å². The maximum absolute atomic E-state index is 13.6. The van der Waals surface area contributed by atoms with Crippen LogP contribution in [0, 0.1) is 5.82 Å². The zero-order valence-corrected chi connectivity index (χ0v) is 15.4. The summed E-state index contributed by atoms with van der Waals surface area (Å²) in [5.41, 5.74) is 3.53. The van der Waals surface area contributed by atoms with Gasteiger partial charge < -0.3 is 4.90 Å². The lowest BCUT2D eigenvalue weighted by molar-refractivity contribution is 0.0989. The molecule has 0 bridgehead atoms. The van der Waals surface area contributed by atoms with Crippen molar-refractivity contribution in [1.82, 2.24) is 0 Å². The molecular weight excluding hydrogens is 355 g/mol. The highest BCUT2D eigenvalue weighted by Gasteiger charge is 2.33. The second-order valence-electron chi connectivity index (χ2n) is 6.94. The van der Waals surface area contributed by atoms with Gasteiger partial charge >= 0.3 is 0 Å². The molecule has 4 rings (SSSR count). The molecule has 0 saturated heterocycles. The van der Waals surface area contributed by atoms with Crippen molar-refractivity contribution in [2.24, 2.45) is 0 Å². The van der Waals surface area contributed by atoms with E-state index in [1.165, 1.54) is 22.7 Å². The second-order valence-corrected chi connectivity index (χ2v) is 8.79. The Labute approximate surface area is 152 Å².